The van der Waals surface area contributed by atoms with Crippen LogP contribution in [0.4, 0.5) is 5.82 Å². The Morgan fingerprint density at radius 1 is 1.41 bits per heavy atom. The first kappa shape index (κ1) is 10.9. The van der Waals surface area contributed by atoms with Gasteiger partial charge in [-0.2, -0.15) is 5.26 Å². The molecule has 2 rings (SSSR count). The van der Waals surface area contributed by atoms with Gasteiger partial charge in [-0.15, -0.1) is 0 Å². The fourth-order valence-electron chi connectivity index (χ4n) is 1.36. The molecule has 0 aliphatic carbocycles. The third kappa shape index (κ3) is 2.16. The molecule has 0 aliphatic rings. The van der Waals surface area contributed by atoms with Gasteiger partial charge in [-0.25, -0.2) is 0 Å². The number of nitrogens with zero attached hydrogens (tertiary/aromatic N) is 2. The predicted molar refractivity (Wildman–Crippen MR) is 60.4 cm³/mol. The fraction of sp³-hybridized carbons (Fsp3) is 0.0833. The van der Waals surface area contributed by atoms with Crippen LogP contribution in [0, 0.1) is 18.3 Å². The largest absolute Gasteiger partial charge is 0.358 e. The highest BCUT2D eigenvalue weighted by Crippen LogP contribution is 2.17. The summed E-state index contributed by atoms with van der Waals surface area (Å²) in [6.45, 7) is 1.61. The third-order valence-corrected chi connectivity index (χ3v) is 2.24. The van der Waals surface area contributed by atoms with Crippen molar-refractivity contribution in [2.75, 3.05) is 5.32 Å². The highest BCUT2D eigenvalue weighted by molar-refractivity contribution is 6.04. The molecule has 0 fully saturated rings. The Labute approximate surface area is 97.7 Å². The van der Waals surface area contributed by atoms with E-state index in [9.17, 15) is 4.79 Å². The van der Waals surface area contributed by atoms with Crippen molar-refractivity contribution in [2.24, 2.45) is 0 Å². The number of hydrogen-bond acceptors (Lipinski definition) is 4. The molecule has 5 nitrogen and oxygen atoms in total. The van der Waals surface area contributed by atoms with Crippen LogP contribution in [0.15, 0.2) is 34.9 Å². The van der Waals surface area contributed by atoms with Crippen molar-refractivity contribution in [3.8, 4) is 6.07 Å². The Balaban J connectivity index is 2.23. The number of aromatic nitrogens is 1. The van der Waals surface area contributed by atoms with E-state index in [1.807, 2.05) is 12.1 Å². The first-order chi connectivity index (χ1) is 8.22. The summed E-state index contributed by atoms with van der Waals surface area (Å²) < 4.78 is 4.84. The van der Waals surface area contributed by atoms with E-state index in [1.165, 1.54) is 0 Å². The predicted octanol–water partition coefficient (Wildman–Crippen LogP) is 2.11. The number of rotatable bonds is 2. The highest BCUT2D eigenvalue weighted by atomic mass is 16.5. The van der Waals surface area contributed by atoms with Crippen LogP contribution in [0.5, 0.6) is 0 Å². The van der Waals surface area contributed by atoms with E-state index < -0.39 is 0 Å². The topological polar surface area (TPSA) is 78.9 Å². The zero-order valence-corrected chi connectivity index (χ0v) is 9.10. The number of carbonyl (C=O) groups excluding carboxylic acids is 1. The van der Waals surface area contributed by atoms with Gasteiger partial charge in [0.2, 0.25) is 0 Å². The molecule has 0 atom stereocenters. The average Bonchev–Trinajstić information content (AvgIpc) is 2.71. The maximum atomic E-state index is 11.8. The number of aryl methyl sites for hydroxylation is 1. The van der Waals surface area contributed by atoms with Crippen molar-refractivity contribution in [2.45, 2.75) is 6.92 Å². The molecule has 0 unspecified atom stereocenters. The standard InChI is InChI=1S/C12H9N3O2/c1-8-10(7-13)11(15-17-8)14-12(16)9-5-3-2-4-6-9/h2-6H,1H3,(H,14,15,16). The lowest BCUT2D eigenvalue weighted by Crippen LogP contribution is -2.12. The number of benzene rings is 1. The summed E-state index contributed by atoms with van der Waals surface area (Å²) in [5.41, 5.74) is 0.742. The summed E-state index contributed by atoms with van der Waals surface area (Å²) in [6, 6.07) is 10.6. The van der Waals surface area contributed by atoms with E-state index in [-0.39, 0.29) is 17.3 Å². The average molecular weight is 227 g/mol. The van der Waals surface area contributed by atoms with E-state index in [1.54, 1.807) is 31.2 Å². The lowest BCUT2D eigenvalue weighted by Gasteiger charge is -2.00. The van der Waals surface area contributed by atoms with Crippen molar-refractivity contribution in [3.63, 3.8) is 0 Å². The maximum Gasteiger partial charge on any atom is 0.256 e. The summed E-state index contributed by atoms with van der Waals surface area (Å²) in [4.78, 5) is 11.8. The van der Waals surface area contributed by atoms with Crippen molar-refractivity contribution >= 4 is 11.7 Å². The first-order valence-corrected chi connectivity index (χ1v) is 4.95. The molecule has 84 valence electrons. The SMILES string of the molecule is Cc1onc(NC(=O)c2ccccc2)c1C#N. The lowest BCUT2D eigenvalue weighted by atomic mass is 10.2. The zero-order chi connectivity index (χ0) is 12.3. The number of anilines is 1. The molecule has 0 saturated carbocycles. The normalized spacial score (nSPS) is 9.65. The Kier molecular flexibility index (Phi) is 2.88. The van der Waals surface area contributed by atoms with Crippen LogP contribution in [-0.4, -0.2) is 11.1 Å². The summed E-state index contributed by atoms with van der Waals surface area (Å²) in [5, 5.41) is 15.0. The summed E-state index contributed by atoms with van der Waals surface area (Å²) >= 11 is 0. The summed E-state index contributed by atoms with van der Waals surface area (Å²) in [7, 11) is 0. The quantitative estimate of drug-likeness (QED) is 0.852. The molecule has 1 aromatic carbocycles. The molecule has 1 N–H and O–H groups in total. The molecular formula is C12H9N3O2. The van der Waals surface area contributed by atoms with E-state index in [4.69, 9.17) is 9.78 Å². The van der Waals surface area contributed by atoms with Gasteiger partial charge in [-0.1, -0.05) is 23.4 Å². The van der Waals surface area contributed by atoms with E-state index in [0.29, 0.717) is 11.3 Å². The molecule has 1 amide bonds. The van der Waals surface area contributed by atoms with Crippen molar-refractivity contribution in [1.29, 1.82) is 5.26 Å². The molecule has 0 saturated heterocycles. The Hall–Kier alpha value is -2.61. The van der Waals surface area contributed by atoms with Gasteiger partial charge >= 0.3 is 0 Å². The summed E-state index contributed by atoms with van der Waals surface area (Å²) in [6.07, 6.45) is 0. The molecule has 0 aliphatic heterocycles. The van der Waals surface area contributed by atoms with Crippen LogP contribution < -0.4 is 5.32 Å². The maximum absolute atomic E-state index is 11.8. The van der Waals surface area contributed by atoms with Crippen molar-refractivity contribution < 1.29 is 9.32 Å². The van der Waals surface area contributed by atoms with Crippen LogP contribution in [0.2, 0.25) is 0 Å². The van der Waals surface area contributed by atoms with Gasteiger partial charge in [0.1, 0.15) is 11.6 Å². The van der Waals surface area contributed by atoms with Gasteiger partial charge in [0.05, 0.1) is 0 Å². The number of hydrogen-bond donors (Lipinski definition) is 1. The van der Waals surface area contributed by atoms with E-state index >= 15 is 0 Å². The van der Waals surface area contributed by atoms with Crippen LogP contribution in [0.1, 0.15) is 21.7 Å². The van der Waals surface area contributed by atoms with Gasteiger partial charge in [0.15, 0.2) is 11.6 Å². The minimum absolute atomic E-state index is 0.152. The molecular weight excluding hydrogens is 218 g/mol. The molecule has 0 spiro atoms. The second-order valence-electron chi connectivity index (χ2n) is 3.39. The molecule has 0 bridgehead atoms. The minimum Gasteiger partial charge on any atom is -0.358 e. The molecule has 0 radical (unpaired) electrons. The molecule has 17 heavy (non-hydrogen) atoms. The third-order valence-electron chi connectivity index (χ3n) is 2.24. The van der Waals surface area contributed by atoms with Crippen LogP contribution in [0.25, 0.3) is 0 Å². The van der Waals surface area contributed by atoms with Gasteiger partial charge in [0, 0.05) is 5.56 Å². The zero-order valence-electron chi connectivity index (χ0n) is 9.10. The van der Waals surface area contributed by atoms with Crippen molar-refractivity contribution in [3.05, 3.63) is 47.2 Å². The monoisotopic (exact) mass is 227 g/mol. The van der Waals surface area contributed by atoms with Crippen LogP contribution in [0.3, 0.4) is 0 Å². The molecule has 1 heterocycles. The Morgan fingerprint density at radius 2 is 2.12 bits per heavy atom. The second kappa shape index (κ2) is 4.49. The van der Waals surface area contributed by atoms with Gasteiger partial charge < -0.3 is 9.84 Å². The number of nitrogens with one attached hydrogen (secondary N) is 1. The smallest absolute Gasteiger partial charge is 0.256 e. The Morgan fingerprint density at radius 3 is 2.76 bits per heavy atom. The molecule has 1 aromatic heterocycles. The second-order valence-corrected chi connectivity index (χ2v) is 3.39. The van der Waals surface area contributed by atoms with Crippen molar-refractivity contribution in [1.82, 2.24) is 5.16 Å². The lowest BCUT2D eigenvalue weighted by molar-refractivity contribution is 0.102. The van der Waals surface area contributed by atoms with Crippen LogP contribution in [-0.2, 0) is 0 Å². The van der Waals surface area contributed by atoms with E-state index in [0.717, 1.165) is 0 Å². The van der Waals surface area contributed by atoms with Gasteiger partial charge in [0.25, 0.3) is 5.91 Å². The first-order valence-electron chi connectivity index (χ1n) is 4.95. The summed E-state index contributed by atoms with van der Waals surface area (Å²) in [5.74, 6) is 0.213. The minimum atomic E-state index is -0.324. The van der Waals surface area contributed by atoms with Crippen LogP contribution >= 0.6 is 0 Å². The molecule has 5 heteroatoms. The van der Waals surface area contributed by atoms with E-state index in [2.05, 4.69) is 10.5 Å². The number of carbonyl (C=O) groups is 1. The van der Waals surface area contributed by atoms with Gasteiger partial charge in [-0.05, 0) is 19.1 Å². The number of amides is 1. The Bertz CT molecular complexity index is 582. The highest BCUT2D eigenvalue weighted by Gasteiger charge is 2.15. The van der Waals surface area contributed by atoms with Gasteiger partial charge in [-0.3, -0.25) is 4.79 Å². The molecule has 2 aromatic rings. The number of nitriles is 1. The fourth-order valence-corrected chi connectivity index (χ4v) is 1.36.